The van der Waals surface area contributed by atoms with E-state index in [0.29, 0.717) is 0 Å². The van der Waals surface area contributed by atoms with Crippen LogP contribution in [0, 0.1) is 0 Å². The first-order valence-corrected chi connectivity index (χ1v) is 5.89. The van der Waals surface area contributed by atoms with E-state index in [1.165, 1.54) is 11.1 Å². The minimum absolute atomic E-state index is 0.158. The molecule has 84 valence electrons. The molecule has 3 aliphatic rings. The van der Waals surface area contributed by atoms with Gasteiger partial charge in [0.2, 0.25) is 0 Å². The maximum Gasteiger partial charge on any atom is 0.131 e. The highest BCUT2D eigenvalue weighted by atomic mass is 16.7. The van der Waals surface area contributed by atoms with Gasteiger partial charge in [0.1, 0.15) is 22.4 Å². The van der Waals surface area contributed by atoms with Crippen molar-refractivity contribution in [2.75, 3.05) is 0 Å². The number of rotatable bonds is 0. The molecule has 1 aromatic carbocycles. The average molecular weight is 216 g/mol. The molecule has 16 heavy (non-hydrogen) atoms. The second-order valence-corrected chi connectivity index (χ2v) is 5.88. The third-order valence-corrected chi connectivity index (χ3v) is 5.42. The third kappa shape index (κ3) is 0.593. The van der Waals surface area contributed by atoms with Crippen molar-refractivity contribution in [1.29, 1.82) is 0 Å². The molecule has 2 saturated heterocycles. The van der Waals surface area contributed by atoms with Crippen molar-refractivity contribution >= 4 is 0 Å². The van der Waals surface area contributed by atoms with Crippen LogP contribution in [-0.2, 0) is 20.7 Å². The zero-order chi connectivity index (χ0) is 11.4. The maximum atomic E-state index is 6.08. The summed E-state index contributed by atoms with van der Waals surface area (Å²) in [5, 5.41) is 0. The Kier molecular flexibility index (Phi) is 1.14. The summed E-state index contributed by atoms with van der Waals surface area (Å²) in [6, 6.07) is 8.52. The van der Waals surface area contributed by atoms with Crippen molar-refractivity contribution in [3.8, 4) is 0 Å². The molecule has 0 bridgehead atoms. The zero-order valence-electron chi connectivity index (χ0n) is 10.1. The van der Waals surface area contributed by atoms with Gasteiger partial charge in [0, 0.05) is 0 Å². The molecule has 2 heteroatoms. The van der Waals surface area contributed by atoms with Crippen LogP contribution in [0.4, 0.5) is 0 Å². The summed E-state index contributed by atoms with van der Waals surface area (Å²) in [5.41, 5.74) is 1.96. The van der Waals surface area contributed by atoms with Crippen molar-refractivity contribution in [1.82, 2.24) is 0 Å². The topological polar surface area (TPSA) is 25.1 Å². The summed E-state index contributed by atoms with van der Waals surface area (Å²) in [6.45, 7) is 8.71. The van der Waals surface area contributed by atoms with E-state index < -0.39 is 0 Å². The van der Waals surface area contributed by atoms with Crippen LogP contribution < -0.4 is 0 Å². The molecule has 0 aromatic heterocycles. The fourth-order valence-corrected chi connectivity index (χ4v) is 3.81. The molecule has 4 rings (SSSR count). The Balaban J connectivity index is 2.07. The van der Waals surface area contributed by atoms with E-state index >= 15 is 0 Å². The van der Waals surface area contributed by atoms with Crippen LogP contribution in [0.15, 0.2) is 24.3 Å². The minimum Gasteiger partial charge on any atom is -0.355 e. The highest BCUT2D eigenvalue weighted by Gasteiger charge is 2.89. The van der Waals surface area contributed by atoms with Gasteiger partial charge in [0.25, 0.3) is 0 Å². The Hall–Kier alpha value is -0.860. The van der Waals surface area contributed by atoms with Crippen LogP contribution in [0.3, 0.4) is 0 Å². The van der Waals surface area contributed by atoms with Gasteiger partial charge in [-0.2, -0.15) is 0 Å². The lowest BCUT2D eigenvalue weighted by Crippen LogP contribution is -2.42. The van der Waals surface area contributed by atoms with Gasteiger partial charge in [-0.25, -0.2) is 0 Å². The summed E-state index contributed by atoms with van der Waals surface area (Å²) in [5.74, 6) is 0. The highest BCUT2D eigenvalue weighted by Crippen LogP contribution is 2.78. The van der Waals surface area contributed by atoms with E-state index in [0.717, 1.165) is 0 Å². The van der Waals surface area contributed by atoms with Gasteiger partial charge in [0.15, 0.2) is 0 Å². The number of benzene rings is 1. The van der Waals surface area contributed by atoms with Gasteiger partial charge < -0.3 is 9.47 Å². The molecule has 2 nitrogen and oxygen atoms in total. The van der Waals surface area contributed by atoms with E-state index in [1.807, 2.05) is 0 Å². The van der Waals surface area contributed by atoms with Gasteiger partial charge in [-0.15, -0.1) is 0 Å². The Morgan fingerprint density at radius 3 is 1.50 bits per heavy atom. The summed E-state index contributed by atoms with van der Waals surface area (Å²) in [6.07, 6.45) is 0. The summed E-state index contributed by atoms with van der Waals surface area (Å²) >= 11 is 0. The molecule has 2 aliphatic heterocycles. The Morgan fingerprint density at radius 2 is 1.12 bits per heavy atom. The van der Waals surface area contributed by atoms with Gasteiger partial charge in [-0.05, 0) is 38.8 Å². The van der Waals surface area contributed by atoms with Crippen LogP contribution in [0.1, 0.15) is 38.8 Å². The Labute approximate surface area is 95.6 Å². The molecule has 0 spiro atoms. The third-order valence-electron chi connectivity index (χ3n) is 5.42. The second kappa shape index (κ2) is 1.98. The van der Waals surface area contributed by atoms with Crippen LogP contribution in [-0.4, -0.2) is 11.2 Å². The molecule has 0 radical (unpaired) electrons. The van der Waals surface area contributed by atoms with Crippen molar-refractivity contribution in [2.45, 2.75) is 50.1 Å². The normalized spacial score (nSPS) is 56.0. The molecule has 1 aromatic rings. The van der Waals surface area contributed by atoms with Crippen molar-refractivity contribution in [2.24, 2.45) is 0 Å². The van der Waals surface area contributed by atoms with E-state index in [-0.39, 0.29) is 22.4 Å². The van der Waals surface area contributed by atoms with Crippen LogP contribution in [0.5, 0.6) is 0 Å². The minimum atomic E-state index is -0.164. The fourth-order valence-electron chi connectivity index (χ4n) is 3.81. The van der Waals surface area contributed by atoms with Gasteiger partial charge in [-0.3, -0.25) is 0 Å². The van der Waals surface area contributed by atoms with Gasteiger partial charge in [0.05, 0.1) is 0 Å². The lowest BCUT2D eigenvalue weighted by atomic mass is 9.66. The van der Waals surface area contributed by atoms with Crippen LogP contribution in [0.25, 0.3) is 0 Å². The fraction of sp³-hybridized carbons (Fsp3) is 0.571. The first-order chi connectivity index (χ1) is 7.39. The lowest BCUT2D eigenvalue weighted by Gasteiger charge is -2.28. The molecule has 4 atom stereocenters. The molecule has 0 amide bonds. The standard InChI is InChI=1S/C14H16O2/c1-11-9-7-5-6-8-10(9)12(2)14(4,16-12)13(11,3)15-11/h5-8H,1-4H3/t11-,12+,13-,14+. The number of fused-ring (bicyclic) bond motifs is 6. The number of hydrogen-bond acceptors (Lipinski definition) is 2. The quantitative estimate of drug-likeness (QED) is 0.623. The lowest BCUT2D eigenvalue weighted by molar-refractivity contribution is 0.177. The number of hydrogen-bond donors (Lipinski definition) is 0. The molecule has 2 heterocycles. The summed E-state index contributed by atoms with van der Waals surface area (Å²) in [4.78, 5) is 0. The summed E-state index contributed by atoms with van der Waals surface area (Å²) < 4.78 is 12.2. The van der Waals surface area contributed by atoms with E-state index in [1.54, 1.807) is 0 Å². The van der Waals surface area contributed by atoms with E-state index in [2.05, 4.69) is 52.0 Å². The highest BCUT2D eigenvalue weighted by molar-refractivity contribution is 5.55. The van der Waals surface area contributed by atoms with Gasteiger partial charge >= 0.3 is 0 Å². The maximum absolute atomic E-state index is 6.08. The SMILES string of the molecule is C[C@@]12O[C@]1(C)c1ccccc1[C@]1(C)O[C@]21C. The number of epoxide rings is 2. The molecule has 0 unspecified atom stereocenters. The second-order valence-electron chi connectivity index (χ2n) is 5.88. The summed E-state index contributed by atoms with van der Waals surface area (Å²) in [7, 11) is 0. The average Bonchev–Trinajstić information content (AvgIpc) is 3.04. The molecular formula is C14H16O2. The largest absolute Gasteiger partial charge is 0.355 e. The van der Waals surface area contributed by atoms with E-state index in [9.17, 15) is 0 Å². The Bertz CT molecular complexity index is 478. The molecule has 0 saturated carbocycles. The predicted octanol–water partition coefficient (Wildman–Crippen LogP) is 2.71. The molecular weight excluding hydrogens is 200 g/mol. The number of ether oxygens (including phenoxy) is 2. The van der Waals surface area contributed by atoms with Gasteiger partial charge in [-0.1, -0.05) is 24.3 Å². The monoisotopic (exact) mass is 216 g/mol. The predicted molar refractivity (Wildman–Crippen MR) is 60.1 cm³/mol. The van der Waals surface area contributed by atoms with Crippen LogP contribution >= 0.6 is 0 Å². The zero-order valence-corrected chi connectivity index (χ0v) is 10.1. The first kappa shape index (κ1) is 9.20. The van der Waals surface area contributed by atoms with Crippen molar-refractivity contribution in [3.05, 3.63) is 35.4 Å². The molecule has 1 aliphatic carbocycles. The molecule has 0 N–H and O–H groups in total. The molecule has 2 fully saturated rings. The van der Waals surface area contributed by atoms with Crippen molar-refractivity contribution < 1.29 is 9.47 Å². The Morgan fingerprint density at radius 1 is 0.750 bits per heavy atom. The van der Waals surface area contributed by atoms with E-state index in [4.69, 9.17) is 9.47 Å². The smallest absolute Gasteiger partial charge is 0.131 e. The van der Waals surface area contributed by atoms with Crippen LogP contribution in [0.2, 0.25) is 0 Å². The first-order valence-electron chi connectivity index (χ1n) is 5.89. The van der Waals surface area contributed by atoms with Crippen molar-refractivity contribution in [3.63, 3.8) is 0 Å².